The minimum absolute atomic E-state index is 1.09. The summed E-state index contributed by atoms with van der Waals surface area (Å²) in [5.74, 6) is 1.22. The van der Waals surface area contributed by atoms with Gasteiger partial charge in [-0.25, -0.2) is 0 Å². The lowest BCUT2D eigenvalue weighted by atomic mass is 10.1. The summed E-state index contributed by atoms with van der Waals surface area (Å²) in [5.41, 5.74) is 3.69. The normalized spacial score (nSPS) is 10.9. The van der Waals surface area contributed by atoms with Crippen LogP contribution >= 0.6 is 11.8 Å². The maximum atomic E-state index is 4.70. The van der Waals surface area contributed by atoms with Crippen LogP contribution in [-0.4, -0.2) is 17.0 Å². The van der Waals surface area contributed by atoms with Gasteiger partial charge in [0, 0.05) is 11.1 Å². The quantitative estimate of drug-likeness (QED) is 0.742. The number of nitrogens with zero attached hydrogens (tertiary/aromatic N) is 1. The van der Waals surface area contributed by atoms with E-state index in [0.29, 0.717) is 0 Å². The van der Waals surface area contributed by atoms with Gasteiger partial charge in [-0.2, -0.15) is 11.8 Å². The van der Waals surface area contributed by atoms with Crippen LogP contribution in [0.1, 0.15) is 17.7 Å². The standard InChI is InChI=1S/C14H17NS/c1-11-10-12(6-5-9-16-2)15-14-8-4-3-7-13(11)14/h3-4,7-8,10H,5-6,9H2,1-2H3. The zero-order chi connectivity index (χ0) is 11.4. The summed E-state index contributed by atoms with van der Waals surface area (Å²) < 4.78 is 0. The zero-order valence-electron chi connectivity index (χ0n) is 9.86. The molecule has 2 rings (SSSR count). The molecule has 1 nitrogen and oxygen atoms in total. The van der Waals surface area contributed by atoms with Crippen LogP contribution in [0.4, 0.5) is 0 Å². The Labute approximate surface area is 101 Å². The topological polar surface area (TPSA) is 12.9 Å². The van der Waals surface area contributed by atoms with Crippen LogP contribution in [0.3, 0.4) is 0 Å². The number of pyridine rings is 1. The largest absolute Gasteiger partial charge is 0.253 e. The van der Waals surface area contributed by atoms with E-state index in [1.165, 1.54) is 28.8 Å². The highest BCUT2D eigenvalue weighted by Gasteiger charge is 2.01. The lowest BCUT2D eigenvalue weighted by Crippen LogP contribution is -1.94. The first-order chi connectivity index (χ1) is 7.81. The van der Waals surface area contributed by atoms with Gasteiger partial charge in [-0.1, -0.05) is 18.2 Å². The summed E-state index contributed by atoms with van der Waals surface area (Å²) in [5, 5.41) is 1.27. The summed E-state index contributed by atoms with van der Waals surface area (Å²) in [6.07, 6.45) is 4.46. The van der Waals surface area contributed by atoms with Gasteiger partial charge in [-0.3, -0.25) is 4.98 Å². The molecule has 84 valence electrons. The van der Waals surface area contributed by atoms with Crippen molar-refractivity contribution in [1.29, 1.82) is 0 Å². The molecule has 0 unspecified atom stereocenters. The van der Waals surface area contributed by atoms with E-state index in [1.807, 2.05) is 11.8 Å². The van der Waals surface area contributed by atoms with Crippen molar-refractivity contribution in [3.8, 4) is 0 Å². The molecule has 0 aliphatic rings. The van der Waals surface area contributed by atoms with Gasteiger partial charge in [0.05, 0.1) is 5.52 Å². The molecule has 2 aromatic rings. The smallest absolute Gasteiger partial charge is 0.0707 e. The van der Waals surface area contributed by atoms with Crippen molar-refractivity contribution < 1.29 is 0 Å². The van der Waals surface area contributed by atoms with Gasteiger partial charge in [0.15, 0.2) is 0 Å². The highest BCUT2D eigenvalue weighted by Crippen LogP contribution is 2.18. The fraction of sp³-hybridized carbons (Fsp3) is 0.357. The summed E-state index contributed by atoms with van der Waals surface area (Å²) in [4.78, 5) is 4.70. The van der Waals surface area contributed by atoms with Gasteiger partial charge in [-0.15, -0.1) is 0 Å². The molecule has 0 aliphatic carbocycles. The van der Waals surface area contributed by atoms with Crippen molar-refractivity contribution in [3.63, 3.8) is 0 Å². The third kappa shape index (κ3) is 2.56. The number of aromatic nitrogens is 1. The fourth-order valence-electron chi connectivity index (χ4n) is 1.94. The van der Waals surface area contributed by atoms with Crippen molar-refractivity contribution >= 4 is 22.7 Å². The highest BCUT2D eigenvalue weighted by molar-refractivity contribution is 7.98. The predicted molar refractivity (Wildman–Crippen MR) is 73.2 cm³/mol. The maximum absolute atomic E-state index is 4.70. The number of para-hydroxylation sites is 1. The summed E-state index contributed by atoms with van der Waals surface area (Å²) >= 11 is 1.90. The molecule has 2 heteroatoms. The molecule has 0 amide bonds. The Morgan fingerprint density at radius 3 is 2.88 bits per heavy atom. The number of aryl methyl sites for hydroxylation is 2. The Bertz CT molecular complexity index is 479. The number of rotatable bonds is 4. The molecule has 0 bridgehead atoms. The molecule has 0 spiro atoms. The minimum atomic E-state index is 1.09. The lowest BCUT2D eigenvalue weighted by Gasteiger charge is -2.05. The molecule has 1 heterocycles. The molecule has 1 aromatic carbocycles. The van der Waals surface area contributed by atoms with Crippen LogP contribution in [0.25, 0.3) is 10.9 Å². The van der Waals surface area contributed by atoms with Gasteiger partial charge < -0.3 is 0 Å². The van der Waals surface area contributed by atoms with Crippen LogP contribution in [0.15, 0.2) is 30.3 Å². The molecular formula is C14H17NS. The first kappa shape index (κ1) is 11.5. The van der Waals surface area contributed by atoms with Crippen LogP contribution in [-0.2, 0) is 6.42 Å². The Morgan fingerprint density at radius 2 is 2.06 bits per heavy atom. The second-order valence-electron chi connectivity index (χ2n) is 4.04. The SMILES string of the molecule is CSCCCc1cc(C)c2ccccc2n1. The number of fused-ring (bicyclic) bond motifs is 1. The fourth-order valence-corrected chi connectivity index (χ4v) is 2.38. The first-order valence-corrected chi connectivity index (χ1v) is 7.05. The molecule has 0 radical (unpaired) electrons. The molecule has 0 aliphatic heterocycles. The molecule has 1 aromatic heterocycles. The average molecular weight is 231 g/mol. The Kier molecular flexibility index (Phi) is 3.83. The van der Waals surface area contributed by atoms with E-state index >= 15 is 0 Å². The highest BCUT2D eigenvalue weighted by atomic mass is 32.2. The molecular weight excluding hydrogens is 214 g/mol. The van der Waals surface area contributed by atoms with Crippen molar-refractivity contribution in [2.45, 2.75) is 19.8 Å². The Balaban J connectivity index is 2.27. The molecule has 0 N–H and O–H groups in total. The third-order valence-corrected chi connectivity index (χ3v) is 3.45. The molecule has 0 saturated heterocycles. The maximum Gasteiger partial charge on any atom is 0.0707 e. The lowest BCUT2D eigenvalue weighted by molar-refractivity contribution is 0.898. The number of hydrogen-bond acceptors (Lipinski definition) is 2. The van der Waals surface area contributed by atoms with Gasteiger partial charge >= 0.3 is 0 Å². The number of hydrogen-bond donors (Lipinski definition) is 0. The zero-order valence-corrected chi connectivity index (χ0v) is 10.7. The predicted octanol–water partition coefficient (Wildman–Crippen LogP) is 3.84. The number of thioether (sulfide) groups is 1. The van der Waals surface area contributed by atoms with Crippen molar-refractivity contribution in [3.05, 3.63) is 41.6 Å². The monoisotopic (exact) mass is 231 g/mol. The third-order valence-electron chi connectivity index (χ3n) is 2.76. The van der Waals surface area contributed by atoms with E-state index in [0.717, 1.165) is 11.9 Å². The summed E-state index contributed by atoms with van der Waals surface area (Å²) in [6, 6.07) is 10.6. The van der Waals surface area contributed by atoms with E-state index in [4.69, 9.17) is 4.98 Å². The molecule has 0 atom stereocenters. The van der Waals surface area contributed by atoms with E-state index in [2.05, 4.69) is 43.5 Å². The summed E-state index contributed by atoms with van der Waals surface area (Å²) in [7, 11) is 0. The van der Waals surface area contributed by atoms with E-state index in [1.54, 1.807) is 0 Å². The van der Waals surface area contributed by atoms with E-state index in [9.17, 15) is 0 Å². The Hall–Kier alpha value is -1.02. The van der Waals surface area contributed by atoms with Crippen LogP contribution in [0.5, 0.6) is 0 Å². The van der Waals surface area contributed by atoms with Crippen LogP contribution < -0.4 is 0 Å². The van der Waals surface area contributed by atoms with Gasteiger partial charge in [0.1, 0.15) is 0 Å². The minimum Gasteiger partial charge on any atom is -0.253 e. The Morgan fingerprint density at radius 1 is 1.25 bits per heavy atom. The molecule has 0 fully saturated rings. The first-order valence-electron chi connectivity index (χ1n) is 5.65. The van der Waals surface area contributed by atoms with Gasteiger partial charge in [0.2, 0.25) is 0 Å². The second-order valence-corrected chi connectivity index (χ2v) is 5.03. The van der Waals surface area contributed by atoms with E-state index < -0.39 is 0 Å². The van der Waals surface area contributed by atoms with Crippen molar-refractivity contribution in [2.75, 3.05) is 12.0 Å². The van der Waals surface area contributed by atoms with E-state index in [-0.39, 0.29) is 0 Å². The van der Waals surface area contributed by atoms with Crippen LogP contribution in [0.2, 0.25) is 0 Å². The second kappa shape index (κ2) is 5.35. The molecule has 0 saturated carbocycles. The number of benzene rings is 1. The van der Waals surface area contributed by atoms with Gasteiger partial charge in [-0.05, 0) is 49.5 Å². The average Bonchev–Trinajstić information content (AvgIpc) is 2.30. The summed E-state index contributed by atoms with van der Waals surface area (Å²) in [6.45, 7) is 2.17. The van der Waals surface area contributed by atoms with Crippen LogP contribution in [0, 0.1) is 6.92 Å². The molecule has 16 heavy (non-hydrogen) atoms. The van der Waals surface area contributed by atoms with Gasteiger partial charge in [0.25, 0.3) is 0 Å². The van der Waals surface area contributed by atoms with Crippen molar-refractivity contribution in [1.82, 2.24) is 4.98 Å². The van der Waals surface area contributed by atoms with Crippen molar-refractivity contribution in [2.24, 2.45) is 0 Å².